The molecule has 1 aromatic rings. The summed E-state index contributed by atoms with van der Waals surface area (Å²) in [6, 6.07) is 4.70. The maximum absolute atomic E-state index is 13.5. The van der Waals surface area contributed by atoms with Gasteiger partial charge in [-0.2, -0.15) is 0 Å². The normalized spacial score (nSPS) is 20.0. The van der Waals surface area contributed by atoms with E-state index in [0.29, 0.717) is 17.0 Å². The smallest absolute Gasteiger partial charge is 0.126 e. The van der Waals surface area contributed by atoms with E-state index in [2.05, 4.69) is 0 Å². The molecule has 15 heavy (non-hydrogen) atoms. The van der Waals surface area contributed by atoms with Crippen molar-refractivity contribution < 1.29 is 4.39 Å². The molecule has 0 radical (unpaired) electrons. The molecule has 0 aliphatic heterocycles. The van der Waals surface area contributed by atoms with Gasteiger partial charge in [0.25, 0.3) is 0 Å². The highest BCUT2D eigenvalue weighted by molar-refractivity contribution is 6.30. The molecule has 1 atom stereocenters. The summed E-state index contributed by atoms with van der Waals surface area (Å²) < 4.78 is 13.5. The lowest BCUT2D eigenvalue weighted by Crippen LogP contribution is -2.16. The van der Waals surface area contributed by atoms with Crippen molar-refractivity contribution in [3.8, 4) is 0 Å². The van der Waals surface area contributed by atoms with Crippen molar-refractivity contribution in [2.75, 3.05) is 0 Å². The molecule has 1 aliphatic rings. The number of hydrogen-bond acceptors (Lipinski definition) is 0. The monoisotopic (exact) mass is 246 g/mol. The van der Waals surface area contributed by atoms with Crippen LogP contribution in [0.25, 0.3) is 0 Å². The van der Waals surface area contributed by atoms with Crippen LogP contribution in [0, 0.1) is 11.2 Å². The molecule has 0 nitrogen and oxygen atoms in total. The Morgan fingerprint density at radius 1 is 1.47 bits per heavy atom. The Labute approximate surface area is 99.4 Å². The van der Waals surface area contributed by atoms with E-state index < -0.39 is 0 Å². The molecule has 0 amide bonds. The topological polar surface area (TPSA) is 0 Å². The predicted molar refractivity (Wildman–Crippen MR) is 62.1 cm³/mol. The first-order valence-electron chi connectivity index (χ1n) is 5.11. The van der Waals surface area contributed by atoms with Crippen LogP contribution in [0.15, 0.2) is 18.2 Å². The Hall–Kier alpha value is -0.270. The average molecular weight is 247 g/mol. The van der Waals surface area contributed by atoms with Gasteiger partial charge in [-0.05, 0) is 55.4 Å². The van der Waals surface area contributed by atoms with E-state index in [0.717, 1.165) is 12.8 Å². The number of halogens is 3. The van der Waals surface area contributed by atoms with Gasteiger partial charge in [0.05, 0.1) is 0 Å². The van der Waals surface area contributed by atoms with Crippen molar-refractivity contribution in [2.24, 2.45) is 5.41 Å². The van der Waals surface area contributed by atoms with E-state index in [1.165, 1.54) is 6.07 Å². The van der Waals surface area contributed by atoms with Crippen LogP contribution in [-0.4, -0.2) is 5.38 Å². The van der Waals surface area contributed by atoms with Gasteiger partial charge >= 0.3 is 0 Å². The maximum atomic E-state index is 13.5. The van der Waals surface area contributed by atoms with Crippen LogP contribution < -0.4 is 0 Å². The van der Waals surface area contributed by atoms with E-state index in [4.69, 9.17) is 23.2 Å². The summed E-state index contributed by atoms with van der Waals surface area (Å²) in [5, 5.41) is 0.681. The van der Waals surface area contributed by atoms with Gasteiger partial charge in [0.1, 0.15) is 5.82 Å². The fraction of sp³-hybridized carbons (Fsp3) is 0.500. The van der Waals surface area contributed by atoms with Gasteiger partial charge in [-0.3, -0.25) is 0 Å². The van der Waals surface area contributed by atoms with Crippen LogP contribution in [0.1, 0.15) is 25.3 Å². The summed E-state index contributed by atoms with van der Waals surface area (Å²) >= 11 is 12.0. The van der Waals surface area contributed by atoms with Crippen molar-refractivity contribution in [1.29, 1.82) is 0 Å². The third-order valence-electron chi connectivity index (χ3n) is 3.29. The van der Waals surface area contributed by atoms with Gasteiger partial charge in [-0.15, -0.1) is 11.6 Å². The second-order valence-corrected chi connectivity index (χ2v) is 5.48. The highest BCUT2D eigenvalue weighted by Gasteiger charge is 2.46. The summed E-state index contributed by atoms with van der Waals surface area (Å²) in [4.78, 5) is 0. The van der Waals surface area contributed by atoms with Gasteiger partial charge in [-0.25, -0.2) is 4.39 Å². The SMILES string of the molecule is CC(Cl)C1(Cc2cc(Cl)ccc2F)CC1. The van der Waals surface area contributed by atoms with Gasteiger partial charge in [0, 0.05) is 10.4 Å². The molecule has 0 spiro atoms. The highest BCUT2D eigenvalue weighted by Crippen LogP contribution is 2.53. The van der Waals surface area contributed by atoms with E-state index >= 15 is 0 Å². The van der Waals surface area contributed by atoms with Crippen LogP contribution in [0.2, 0.25) is 5.02 Å². The molecule has 0 bridgehead atoms. The van der Waals surface area contributed by atoms with Crippen LogP contribution in [0.3, 0.4) is 0 Å². The molecule has 1 aliphatic carbocycles. The van der Waals surface area contributed by atoms with Crippen molar-refractivity contribution in [3.05, 3.63) is 34.6 Å². The Bertz CT molecular complexity index is 370. The quantitative estimate of drug-likeness (QED) is 0.693. The zero-order chi connectivity index (χ0) is 11.1. The summed E-state index contributed by atoms with van der Waals surface area (Å²) in [7, 11) is 0. The second kappa shape index (κ2) is 3.95. The van der Waals surface area contributed by atoms with Crippen LogP contribution >= 0.6 is 23.2 Å². The fourth-order valence-corrected chi connectivity index (χ4v) is 2.42. The number of benzene rings is 1. The zero-order valence-corrected chi connectivity index (χ0v) is 10.1. The van der Waals surface area contributed by atoms with Gasteiger partial charge in [0.15, 0.2) is 0 Å². The molecular formula is C12H13Cl2F. The lowest BCUT2D eigenvalue weighted by molar-refractivity contribution is 0.480. The first-order valence-corrected chi connectivity index (χ1v) is 5.93. The number of hydrogen-bond donors (Lipinski definition) is 0. The van der Waals surface area contributed by atoms with Crippen LogP contribution in [0.5, 0.6) is 0 Å². The highest BCUT2D eigenvalue weighted by atomic mass is 35.5. The average Bonchev–Trinajstić information content (AvgIpc) is 2.92. The van der Waals surface area contributed by atoms with Crippen LogP contribution in [-0.2, 0) is 6.42 Å². The Balaban J connectivity index is 2.21. The fourth-order valence-electron chi connectivity index (χ4n) is 1.93. The number of alkyl halides is 1. The lowest BCUT2D eigenvalue weighted by Gasteiger charge is -2.18. The minimum atomic E-state index is -0.178. The minimum absolute atomic E-state index is 0.0934. The zero-order valence-electron chi connectivity index (χ0n) is 8.56. The summed E-state index contributed by atoms with van der Waals surface area (Å²) in [5.41, 5.74) is 0.792. The van der Waals surface area contributed by atoms with Crippen molar-refractivity contribution in [3.63, 3.8) is 0 Å². The molecule has 2 rings (SSSR count). The molecule has 3 heteroatoms. The molecule has 0 N–H and O–H groups in total. The summed E-state index contributed by atoms with van der Waals surface area (Å²) in [6.45, 7) is 1.98. The maximum Gasteiger partial charge on any atom is 0.126 e. The standard InChI is InChI=1S/C12H13Cl2F/c1-8(13)12(4-5-12)7-9-6-10(14)2-3-11(9)15/h2-3,6,8H,4-5,7H2,1H3. The molecule has 1 saturated carbocycles. The van der Waals surface area contributed by atoms with Gasteiger partial charge in [0.2, 0.25) is 0 Å². The molecular weight excluding hydrogens is 234 g/mol. The summed E-state index contributed by atoms with van der Waals surface area (Å²) in [6.07, 6.45) is 2.87. The molecule has 0 heterocycles. The van der Waals surface area contributed by atoms with Gasteiger partial charge in [-0.1, -0.05) is 11.6 Å². The molecule has 0 saturated heterocycles. The third-order valence-corrected chi connectivity index (χ3v) is 3.98. The predicted octanol–water partition coefficient (Wildman–Crippen LogP) is 4.43. The van der Waals surface area contributed by atoms with E-state index in [-0.39, 0.29) is 16.6 Å². The van der Waals surface area contributed by atoms with Gasteiger partial charge < -0.3 is 0 Å². The first-order chi connectivity index (χ1) is 7.03. The van der Waals surface area contributed by atoms with Crippen LogP contribution in [0.4, 0.5) is 4.39 Å². The molecule has 0 aromatic heterocycles. The van der Waals surface area contributed by atoms with E-state index in [1.54, 1.807) is 12.1 Å². The van der Waals surface area contributed by atoms with Crippen molar-refractivity contribution in [1.82, 2.24) is 0 Å². The minimum Gasteiger partial charge on any atom is -0.207 e. The molecule has 82 valence electrons. The Kier molecular flexibility index (Phi) is 2.96. The third kappa shape index (κ3) is 2.29. The Morgan fingerprint density at radius 3 is 2.67 bits per heavy atom. The van der Waals surface area contributed by atoms with E-state index in [1.807, 2.05) is 6.92 Å². The number of rotatable bonds is 3. The van der Waals surface area contributed by atoms with Crippen molar-refractivity contribution in [2.45, 2.75) is 31.6 Å². The molecule has 1 unspecified atom stereocenters. The largest absolute Gasteiger partial charge is 0.207 e. The van der Waals surface area contributed by atoms with Crippen molar-refractivity contribution >= 4 is 23.2 Å². The van der Waals surface area contributed by atoms with E-state index in [9.17, 15) is 4.39 Å². The first kappa shape index (κ1) is 11.2. The molecule has 1 aromatic carbocycles. The Morgan fingerprint density at radius 2 is 2.13 bits per heavy atom. The second-order valence-electron chi connectivity index (χ2n) is 4.39. The lowest BCUT2D eigenvalue weighted by atomic mass is 9.93. The molecule has 1 fully saturated rings. The summed E-state index contributed by atoms with van der Waals surface area (Å²) in [5.74, 6) is -0.178.